The molecule has 0 spiro atoms. The third-order valence-electron chi connectivity index (χ3n) is 4.69. The zero-order valence-electron chi connectivity index (χ0n) is 16.8. The van der Waals surface area contributed by atoms with E-state index in [1.165, 1.54) is 24.7 Å². The van der Waals surface area contributed by atoms with E-state index >= 15 is 0 Å². The number of aromatic nitrogens is 4. The Morgan fingerprint density at radius 2 is 2.06 bits per heavy atom. The van der Waals surface area contributed by atoms with Gasteiger partial charge >= 0.3 is 18.0 Å². The predicted molar refractivity (Wildman–Crippen MR) is 104 cm³/mol. The number of hydrogen-bond donors (Lipinski definition) is 3. The Morgan fingerprint density at radius 1 is 1.39 bits per heavy atom. The van der Waals surface area contributed by atoms with Crippen LogP contribution in [0.25, 0.3) is 11.2 Å². The minimum Gasteiger partial charge on any atom is -0.460 e. The molecule has 0 aliphatic carbocycles. The lowest BCUT2D eigenvalue weighted by Crippen LogP contribution is -2.48. The van der Waals surface area contributed by atoms with Crippen LogP contribution in [0, 0.1) is 18.4 Å². The number of carbonyl (C=O) groups is 2. The largest absolute Gasteiger partial charge is 0.460 e. The van der Waals surface area contributed by atoms with Gasteiger partial charge in [-0.1, -0.05) is 5.92 Å². The van der Waals surface area contributed by atoms with Crippen molar-refractivity contribution in [3.05, 3.63) is 12.4 Å². The summed E-state index contributed by atoms with van der Waals surface area (Å²) in [5.74, 6) is 0.783. The number of terminal acetylenes is 1. The SMILES string of the molecule is C#C[C@]1(COC(=O)[C@@H](C)N)O[C@@H](n2cnc3c(N)nc(F)nc32)C[C@@H]1OC(=O)[C@@H](C)N. The van der Waals surface area contributed by atoms with E-state index in [0.29, 0.717) is 0 Å². The van der Waals surface area contributed by atoms with Gasteiger partial charge < -0.3 is 31.4 Å². The fourth-order valence-electron chi connectivity index (χ4n) is 3.03. The number of imidazole rings is 1. The quantitative estimate of drug-likeness (QED) is 0.287. The Kier molecular flexibility index (Phi) is 6.07. The molecule has 3 rings (SSSR count). The molecule has 1 saturated heterocycles. The lowest BCUT2D eigenvalue weighted by atomic mass is 9.98. The number of carbonyl (C=O) groups excluding carboxylic acids is 2. The summed E-state index contributed by atoms with van der Waals surface area (Å²) in [6, 6.07) is -1.84. The highest BCUT2D eigenvalue weighted by molar-refractivity contribution is 5.81. The molecule has 2 aromatic rings. The molecule has 0 aromatic carbocycles. The molecule has 3 heterocycles. The first-order valence-corrected chi connectivity index (χ1v) is 9.27. The van der Waals surface area contributed by atoms with Gasteiger partial charge in [0.15, 0.2) is 17.0 Å². The highest BCUT2D eigenvalue weighted by Crippen LogP contribution is 2.40. The number of esters is 2. The Bertz CT molecular complexity index is 1050. The van der Waals surface area contributed by atoms with Crippen molar-refractivity contribution in [2.75, 3.05) is 12.3 Å². The van der Waals surface area contributed by atoms with Crippen molar-refractivity contribution in [3.63, 3.8) is 0 Å². The Morgan fingerprint density at radius 3 is 2.68 bits per heavy atom. The summed E-state index contributed by atoms with van der Waals surface area (Å²) < 4.78 is 31.7. The molecule has 12 nitrogen and oxygen atoms in total. The molecule has 1 aliphatic rings. The van der Waals surface area contributed by atoms with Gasteiger partial charge in [0.2, 0.25) is 5.60 Å². The molecule has 5 atom stereocenters. The topological polar surface area (TPSA) is 183 Å². The van der Waals surface area contributed by atoms with Crippen LogP contribution >= 0.6 is 0 Å². The zero-order chi connectivity index (χ0) is 22.9. The lowest BCUT2D eigenvalue weighted by molar-refractivity contribution is -0.167. The number of halogens is 1. The molecule has 166 valence electrons. The van der Waals surface area contributed by atoms with Gasteiger partial charge in [-0.2, -0.15) is 14.4 Å². The number of hydrogen-bond acceptors (Lipinski definition) is 11. The first-order valence-electron chi connectivity index (χ1n) is 9.27. The van der Waals surface area contributed by atoms with Gasteiger partial charge in [-0.05, 0) is 13.8 Å². The van der Waals surface area contributed by atoms with E-state index in [0.717, 1.165) is 0 Å². The molecule has 0 bridgehead atoms. The number of anilines is 1. The van der Waals surface area contributed by atoms with Gasteiger partial charge in [0.05, 0.1) is 6.33 Å². The first kappa shape index (κ1) is 22.3. The summed E-state index contributed by atoms with van der Waals surface area (Å²) in [5, 5.41) is 0. The van der Waals surface area contributed by atoms with Gasteiger partial charge in [0.25, 0.3) is 0 Å². The van der Waals surface area contributed by atoms with E-state index in [4.69, 9.17) is 37.8 Å². The van der Waals surface area contributed by atoms with Crippen molar-refractivity contribution < 1.29 is 28.2 Å². The second-order valence-electron chi connectivity index (χ2n) is 7.15. The van der Waals surface area contributed by atoms with Crippen LogP contribution in [0.1, 0.15) is 26.5 Å². The van der Waals surface area contributed by atoms with E-state index in [1.54, 1.807) is 0 Å². The minimum absolute atomic E-state index is 0.00930. The second-order valence-corrected chi connectivity index (χ2v) is 7.15. The normalized spacial score (nSPS) is 25.0. The molecule has 0 radical (unpaired) electrons. The molecular formula is C18H22FN7O5. The van der Waals surface area contributed by atoms with Gasteiger partial charge in [0.1, 0.15) is 31.0 Å². The van der Waals surface area contributed by atoms with Crippen molar-refractivity contribution in [1.29, 1.82) is 0 Å². The van der Waals surface area contributed by atoms with Gasteiger partial charge in [0, 0.05) is 6.42 Å². The highest BCUT2D eigenvalue weighted by Gasteiger charge is 2.52. The molecule has 13 heteroatoms. The highest BCUT2D eigenvalue weighted by atomic mass is 19.1. The average molecular weight is 435 g/mol. The van der Waals surface area contributed by atoms with Crippen LogP contribution in [-0.4, -0.2) is 61.9 Å². The van der Waals surface area contributed by atoms with Crippen molar-refractivity contribution >= 4 is 28.9 Å². The van der Waals surface area contributed by atoms with Crippen molar-refractivity contribution in [1.82, 2.24) is 19.5 Å². The van der Waals surface area contributed by atoms with E-state index < -0.39 is 54.6 Å². The third-order valence-corrected chi connectivity index (χ3v) is 4.69. The number of nitrogens with zero attached hydrogens (tertiary/aromatic N) is 4. The number of ether oxygens (including phenoxy) is 3. The first-order chi connectivity index (χ1) is 14.6. The monoisotopic (exact) mass is 435 g/mol. The maximum atomic E-state index is 13.7. The fraction of sp³-hybridized carbons (Fsp3) is 0.500. The Labute approximate surface area is 176 Å². The van der Waals surface area contributed by atoms with E-state index in [2.05, 4.69) is 20.9 Å². The predicted octanol–water partition coefficient (Wildman–Crippen LogP) is -1.01. The Balaban J connectivity index is 1.97. The van der Waals surface area contributed by atoms with Crippen molar-refractivity contribution in [3.8, 4) is 12.3 Å². The third kappa shape index (κ3) is 4.26. The average Bonchev–Trinajstić information content (AvgIpc) is 3.28. The minimum atomic E-state index is -1.66. The summed E-state index contributed by atoms with van der Waals surface area (Å²) in [7, 11) is 0. The molecule has 2 aromatic heterocycles. The standard InChI is InChI=1S/C18H22FN7O5/c1-4-18(6-29-15(27)8(2)20)10(30-16(28)9(3)21)5-11(31-18)26-7-23-12-13(22)24-17(19)25-14(12)26/h1,7-11H,5-6,20-21H2,2-3H3,(H2,22,24,25)/t8-,9-,10+,11-,18-/m1/s1. The summed E-state index contributed by atoms with van der Waals surface area (Å²) in [5.41, 5.74) is 15.3. The summed E-state index contributed by atoms with van der Waals surface area (Å²) in [4.78, 5) is 35.2. The number of nitrogen functional groups attached to an aromatic ring is 1. The lowest BCUT2D eigenvalue weighted by Gasteiger charge is -2.29. The smallest absolute Gasteiger partial charge is 0.323 e. The molecule has 6 N–H and O–H groups in total. The van der Waals surface area contributed by atoms with Crippen LogP contribution in [0.3, 0.4) is 0 Å². The Hall–Kier alpha value is -3.34. The molecule has 31 heavy (non-hydrogen) atoms. The van der Waals surface area contributed by atoms with E-state index in [-0.39, 0.29) is 23.4 Å². The summed E-state index contributed by atoms with van der Waals surface area (Å²) >= 11 is 0. The van der Waals surface area contributed by atoms with E-state index in [9.17, 15) is 14.0 Å². The summed E-state index contributed by atoms with van der Waals surface area (Å²) in [6.07, 6.45) is 4.00. The number of rotatable bonds is 6. The van der Waals surface area contributed by atoms with Crippen LogP contribution < -0.4 is 17.2 Å². The number of fused-ring (bicyclic) bond motifs is 1. The molecule has 1 aliphatic heterocycles. The zero-order valence-corrected chi connectivity index (χ0v) is 16.8. The number of nitrogens with two attached hydrogens (primary N) is 3. The second kappa shape index (κ2) is 8.42. The van der Waals surface area contributed by atoms with Crippen LogP contribution in [-0.2, 0) is 23.8 Å². The van der Waals surface area contributed by atoms with Crippen molar-refractivity contribution in [2.45, 2.75) is 50.3 Å². The van der Waals surface area contributed by atoms with Gasteiger partial charge in [-0.15, -0.1) is 6.42 Å². The summed E-state index contributed by atoms with van der Waals surface area (Å²) in [6.45, 7) is 2.43. The van der Waals surface area contributed by atoms with Gasteiger partial charge in [-0.25, -0.2) is 4.98 Å². The van der Waals surface area contributed by atoms with Crippen LogP contribution in [0.4, 0.5) is 10.2 Å². The molecule has 0 unspecified atom stereocenters. The van der Waals surface area contributed by atoms with Crippen molar-refractivity contribution in [2.24, 2.45) is 11.5 Å². The van der Waals surface area contributed by atoms with Gasteiger partial charge in [-0.3, -0.25) is 14.2 Å². The fourth-order valence-corrected chi connectivity index (χ4v) is 3.03. The van der Waals surface area contributed by atoms with Crippen LogP contribution in [0.15, 0.2) is 6.33 Å². The molecule has 0 saturated carbocycles. The molecule has 1 fully saturated rings. The molecule has 0 amide bonds. The molecular weight excluding hydrogens is 413 g/mol. The van der Waals surface area contributed by atoms with E-state index in [1.807, 2.05) is 0 Å². The van der Waals surface area contributed by atoms with Crippen LogP contribution in [0.2, 0.25) is 0 Å². The maximum absolute atomic E-state index is 13.7. The van der Waals surface area contributed by atoms with Crippen LogP contribution in [0.5, 0.6) is 0 Å². The maximum Gasteiger partial charge on any atom is 0.323 e.